The van der Waals surface area contributed by atoms with Crippen LogP contribution in [0.1, 0.15) is 471 Å². The first-order valence-electron chi connectivity index (χ1n) is 48.8. The van der Waals surface area contributed by atoms with E-state index >= 15 is 0 Å². The van der Waals surface area contributed by atoms with Crippen LogP contribution in [0.15, 0.2) is 48.5 Å². The number of hydrogen-bond donors (Lipinski definition) is 2. The third kappa shape index (κ3) is 52.6. The molecule has 1 aromatic heterocycles. The fraction of sp³-hybridized carbons (Fsp3) is 0.782. The average Bonchev–Trinajstić information content (AvgIpc) is 0.806. The molecular formula is C101H176N5O6. The van der Waals surface area contributed by atoms with Gasteiger partial charge in [-0.25, -0.2) is 0 Å². The van der Waals surface area contributed by atoms with E-state index < -0.39 is 0 Å². The first-order valence-corrected chi connectivity index (χ1v) is 48.8. The van der Waals surface area contributed by atoms with Crippen LogP contribution in [-0.4, -0.2) is 54.6 Å². The largest absolute Gasteiger partial charge is 0.489 e. The number of benzene rings is 3. The first-order chi connectivity index (χ1) is 55.5. The van der Waals surface area contributed by atoms with E-state index in [1.165, 1.54) is 347 Å². The van der Waals surface area contributed by atoms with Crippen molar-refractivity contribution in [3.8, 4) is 45.9 Å². The maximum absolute atomic E-state index is 6.93. The van der Waals surface area contributed by atoms with Crippen molar-refractivity contribution in [1.82, 2.24) is 15.0 Å². The molecule has 641 valence electrons. The lowest BCUT2D eigenvalue weighted by molar-refractivity contribution is 0.234. The number of hydrogen-bond acceptors (Lipinski definition) is 11. The Balaban J connectivity index is 1.73. The molecule has 2 N–H and O–H groups in total. The smallest absolute Gasteiger partial charge is 0.232 e. The van der Waals surface area contributed by atoms with Crippen LogP contribution in [0, 0.1) is 6.92 Å². The molecule has 0 amide bonds. The Morgan fingerprint density at radius 2 is 0.420 bits per heavy atom. The SMILES string of the molecule is [CH2]Cc1ccc(-c2nc(Nc3cc(OCCCCCCCCCCCCC)c(OCCCCCCCCCCCCC)c(OCCCCCCCCCCCCC)c3)nc(Nc3cc(OCCCCCCCCCCCCC)c(OCCCCCCCCCCCCC)c(OCCCCCCCCCCCCC)c3)n2)cc1. The molecule has 112 heavy (non-hydrogen) atoms. The molecule has 0 unspecified atom stereocenters. The van der Waals surface area contributed by atoms with E-state index in [0.29, 0.717) is 98.3 Å². The van der Waals surface area contributed by atoms with Gasteiger partial charge in [0.05, 0.1) is 39.6 Å². The van der Waals surface area contributed by atoms with E-state index in [0.717, 1.165) is 99.6 Å². The maximum Gasteiger partial charge on any atom is 0.232 e. The Bertz CT molecular complexity index is 2470. The average molecular weight is 1560 g/mol. The highest BCUT2D eigenvalue weighted by Crippen LogP contribution is 2.44. The molecule has 1 radical (unpaired) electrons. The second-order valence-corrected chi connectivity index (χ2v) is 33.4. The van der Waals surface area contributed by atoms with Crippen LogP contribution in [0.3, 0.4) is 0 Å². The molecule has 1 heterocycles. The fourth-order valence-corrected chi connectivity index (χ4v) is 15.4. The van der Waals surface area contributed by atoms with Crippen molar-refractivity contribution in [2.45, 2.75) is 472 Å². The molecule has 0 atom stereocenters. The van der Waals surface area contributed by atoms with E-state index in [4.69, 9.17) is 43.4 Å². The highest BCUT2D eigenvalue weighted by Gasteiger charge is 2.21. The summed E-state index contributed by atoms with van der Waals surface area (Å²) in [5.74, 6) is 5.49. The molecule has 0 bridgehead atoms. The Labute approximate surface area is 691 Å². The van der Waals surface area contributed by atoms with Crippen LogP contribution in [-0.2, 0) is 6.42 Å². The van der Waals surface area contributed by atoms with Gasteiger partial charge in [0.25, 0.3) is 0 Å². The predicted molar refractivity (Wildman–Crippen MR) is 486 cm³/mol. The summed E-state index contributed by atoms with van der Waals surface area (Å²) in [5, 5.41) is 7.40. The van der Waals surface area contributed by atoms with Gasteiger partial charge >= 0.3 is 0 Å². The zero-order chi connectivity index (χ0) is 79.6. The highest BCUT2D eigenvalue weighted by atomic mass is 16.5. The molecule has 0 aliphatic heterocycles. The molecule has 3 aromatic carbocycles. The van der Waals surface area contributed by atoms with Crippen molar-refractivity contribution >= 4 is 23.3 Å². The minimum Gasteiger partial charge on any atom is -0.489 e. The lowest BCUT2D eigenvalue weighted by Crippen LogP contribution is -2.09. The third-order valence-electron chi connectivity index (χ3n) is 22.7. The summed E-state index contributed by atoms with van der Waals surface area (Å²) in [6, 6.07) is 16.7. The van der Waals surface area contributed by atoms with E-state index in [1.54, 1.807) is 0 Å². The minimum absolute atomic E-state index is 0.392. The van der Waals surface area contributed by atoms with E-state index in [-0.39, 0.29) is 0 Å². The molecule has 0 aliphatic carbocycles. The van der Waals surface area contributed by atoms with E-state index in [9.17, 15) is 0 Å². The molecule has 0 fully saturated rings. The number of anilines is 4. The lowest BCUT2D eigenvalue weighted by Gasteiger charge is -2.20. The molecule has 0 saturated carbocycles. The van der Waals surface area contributed by atoms with Crippen LogP contribution in [0.5, 0.6) is 34.5 Å². The number of aromatic nitrogens is 3. The lowest BCUT2D eigenvalue weighted by atomic mass is 10.1. The summed E-state index contributed by atoms with van der Waals surface area (Å²) in [7, 11) is 0. The van der Waals surface area contributed by atoms with Crippen molar-refractivity contribution < 1.29 is 28.4 Å². The topological polar surface area (TPSA) is 118 Å². The van der Waals surface area contributed by atoms with Crippen LogP contribution in [0.25, 0.3) is 11.4 Å². The summed E-state index contributed by atoms with van der Waals surface area (Å²) < 4.78 is 41.5. The zero-order valence-corrected chi connectivity index (χ0v) is 74.2. The second kappa shape index (κ2) is 73.7. The van der Waals surface area contributed by atoms with Crippen LogP contribution in [0.2, 0.25) is 0 Å². The van der Waals surface area contributed by atoms with Gasteiger partial charge in [0.15, 0.2) is 28.8 Å². The number of rotatable bonds is 84. The van der Waals surface area contributed by atoms with Crippen molar-refractivity contribution in [1.29, 1.82) is 0 Å². The quantitative estimate of drug-likeness (QED) is 0.0412. The van der Waals surface area contributed by atoms with Crippen molar-refractivity contribution in [2.75, 3.05) is 50.3 Å². The molecule has 4 rings (SSSR count). The van der Waals surface area contributed by atoms with E-state index in [1.807, 2.05) is 0 Å². The molecule has 11 heteroatoms. The van der Waals surface area contributed by atoms with Gasteiger partial charge in [0, 0.05) is 41.2 Å². The van der Waals surface area contributed by atoms with Gasteiger partial charge in [-0.2, -0.15) is 15.0 Å². The summed E-state index contributed by atoms with van der Waals surface area (Å²) in [5.41, 5.74) is 3.54. The van der Waals surface area contributed by atoms with Crippen LogP contribution in [0.4, 0.5) is 23.3 Å². The van der Waals surface area contributed by atoms with Crippen LogP contribution >= 0.6 is 0 Å². The van der Waals surface area contributed by atoms with Gasteiger partial charge in [-0.1, -0.05) is 451 Å². The number of ether oxygens (including phenoxy) is 6. The molecule has 0 saturated heterocycles. The Morgan fingerprint density at radius 3 is 0.616 bits per heavy atom. The standard InChI is InChI=1S/C101H176N5O6/c1-8-15-21-27-33-39-45-51-57-63-69-79-107-93-85-91(86-94(108-80-70-64-58-52-46-40-34-28-22-16-9-2)97(93)111-83-73-67-61-55-49-43-37-31-25-19-12-5)102-100-104-99(90-77-75-89(14-7)76-78-90)105-101(106-100)103-92-87-95(109-81-71-65-59-53-47-41-35-29-23-17-10-3)98(112-84-74-68-62-56-50-44-38-32-26-20-13-6)96(88-92)110-82-72-66-60-54-48-42-36-30-24-18-11-4/h75-78,85-88H,7-74,79-84H2,1-6H3,(H2,102,103,104,105,106). The molecule has 0 aliphatic rings. The highest BCUT2D eigenvalue weighted by molar-refractivity contribution is 5.70. The maximum atomic E-state index is 6.93. The number of unbranched alkanes of at least 4 members (excludes halogenated alkanes) is 60. The third-order valence-corrected chi connectivity index (χ3v) is 22.7. The van der Waals surface area contributed by atoms with Crippen molar-refractivity contribution in [3.63, 3.8) is 0 Å². The van der Waals surface area contributed by atoms with Gasteiger partial charge in [-0.3, -0.25) is 0 Å². The normalized spacial score (nSPS) is 11.5. The predicted octanol–water partition coefficient (Wildman–Crippen LogP) is 33.5. The minimum atomic E-state index is 0.392. The van der Waals surface area contributed by atoms with Gasteiger partial charge in [0.2, 0.25) is 23.4 Å². The first kappa shape index (κ1) is 99.4. The number of nitrogens with zero attached hydrogens (tertiary/aromatic N) is 3. The van der Waals surface area contributed by atoms with Crippen molar-refractivity contribution in [2.24, 2.45) is 0 Å². The number of nitrogens with one attached hydrogen (secondary N) is 2. The second-order valence-electron chi connectivity index (χ2n) is 33.4. The van der Waals surface area contributed by atoms with Gasteiger partial charge in [0.1, 0.15) is 0 Å². The van der Waals surface area contributed by atoms with Gasteiger partial charge in [-0.05, 0) is 57.4 Å². The Kier molecular flexibility index (Phi) is 65.4. The Hall–Kier alpha value is -4.93. The molecule has 11 nitrogen and oxygen atoms in total. The molecular weight excluding hydrogens is 1380 g/mol. The summed E-state index contributed by atoms with van der Waals surface area (Å²) in [6.45, 7) is 21.6. The molecule has 0 spiro atoms. The summed E-state index contributed by atoms with van der Waals surface area (Å²) >= 11 is 0. The summed E-state index contributed by atoms with van der Waals surface area (Å²) in [6.07, 6.45) is 85.2. The molecule has 4 aromatic rings. The van der Waals surface area contributed by atoms with Crippen molar-refractivity contribution in [3.05, 3.63) is 61.0 Å². The Morgan fingerprint density at radius 1 is 0.232 bits per heavy atom. The fourth-order valence-electron chi connectivity index (χ4n) is 15.4. The van der Waals surface area contributed by atoms with Gasteiger partial charge < -0.3 is 39.1 Å². The zero-order valence-electron chi connectivity index (χ0n) is 74.2. The monoisotopic (exact) mass is 1560 g/mol. The summed E-state index contributed by atoms with van der Waals surface area (Å²) in [4.78, 5) is 15.7. The van der Waals surface area contributed by atoms with Gasteiger partial charge in [-0.15, -0.1) is 0 Å². The van der Waals surface area contributed by atoms with Crippen LogP contribution < -0.4 is 39.1 Å². The van der Waals surface area contributed by atoms with E-state index in [2.05, 4.69) is 108 Å².